The van der Waals surface area contributed by atoms with Crippen molar-refractivity contribution in [2.75, 3.05) is 6.54 Å². The molecule has 0 atom stereocenters. The average Bonchev–Trinajstić information content (AvgIpc) is 2.28. The lowest BCUT2D eigenvalue weighted by Crippen LogP contribution is -2.32. The zero-order valence-corrected chi connectivity index (χ0v) is 12.8. The van der Waals surface area contributed by atoms with Crippen LogP contribution in [0.15, 0.2) is 12.1 Å². The Bertz CT molecular complexity index is 534. The second kappa shape index (κ2) is 6.95. The Balaban J connectivity index is 2.38. The van der Waals surface area contributed by atoms with Crippen molar-refractivity contribution < 1.29 is 9.53 Å². The normalized spacial score (nSPS) is 10.4. The molecule has 0 aliphatic carbocycles. The Morgan fingerprint density at radius 1 is 1.35 bits per heavy atom. The lowest BCUT2D eigenvalue weighted by Gasteiger charge is -2.19. The van der Waals surface area contributed by atoms with Crippen molar-refractivity contribution >= 4 is 6.09 Å². The number of amides is 1. The van der Waals surface area contributed by atoms with Crippen molar-refractivity contribution in [1.29, 1.82) is 0 Å². The lowest BCUT2D eigenvalue weighted by molar-refractivity contribution is 0.0529. The highest BCUT2D eigenvalue weighted by Crippen LogP contribution is 2.06. The summed E-state index contributed by atoms with van der Waals surface area (Å²) in [5.41, 5.74) is 2.37. The second-order valence-electron chi connectivity index (χ2n) is 5.57. The molecule has 1 amide bonds. The van der Waals surface area contributed by atoms with Gasteiger partial charge in [0.1, 0.15) is 5.60 Å². The van der Waals surface area contributed by atoms with Gasteiger partial charge in [-0.1, -0.05) is 11.8 Å². The minimum absolute atomic E-state index is 0.410. The van der Waals surface area contributed by atoms with Gasteiger partial charge in [-0.05, 0) is 46.8 Å². The maximum atomic E-state index is 11.4. The maximum absolute atomic E-state index is 11.4. The van der Waals surface area contributed by atoms with Crippen molar-refractivity contribution in [3.63, 3.8) is 0 Å². The van der Waals surface area contributed by atoms with E-state index in [-0.39, 0.29) is 0 Å². The van der Waals surface area contributed by atoms with Gasteiger partial charge in [0.15, 0.2) is 0 Å². The zero-order chi connectivity index (χ0) is 15.2. The number of hydrogen-bond acceptors (Lipinski definition) is 3. The third-order valence-electron chi connectivity index (χ3n) is 2.37. The van der Waals surface area contributed by atoms with Crippen LogP contribution in [0.2, 0.25) is 0 Å². The molecule has 4 nitrogen and oxygen atoms in total. The van der Waals surface area contributed by atoms with Gasteiger partial charge in [0.2, 0.25) is 0 Å². The van der Waals surface area contributed by atoms with Crippen LogP contribution < -0.4 is 5.32 Å². The van der Waals surface area contributed by atoms with Crippen molar-refractivity contribution in [1.82, 2.24) is 10.3 Å². The van der Waals surface area contributed by atoms with Crippen molar-refractivity contribution in [2.45, 2.75) is 46.6 Å². The fourth-order valence-electron chi connectivity index (χ4n) is 1.52. The number of rotatable bonds is 2. The van der Waals surface area contributed by atoms with Crippen LogP contribution in [0.5, 0.6) is 0 Å². The summed E-state index contributed by atoms with van der Waals surface area (Å²) in [5.74, 6) is 6.08. The number of carbonyl (C=O) groups is 1. The number of nitrogens with zero attached hydrogens (tertiary/aromatic N) is 1. The number of carbonyl (C=O) groups excluding carboxylic acids is 1. The molecule has 1 N–H and O–H groups in total. The molecular weight excluding hydrogens is 252 g/mol. The molecule has 0 radical (unpaired) electrons. The van der Waals surface area contributed by atoms with Gasteiger partial charge in [0.05, 0.1) is 5.69 Å². The summed E-state index contributed by atoms with van der Waals surface area (Å²) in [7, 11) is 0. The predicted molar refractivity (Wildman–Crippen MR) is 79.4 cm³/mol. The molecule has 20 heavy (non-hydrogen) atoms. The first-order valence-electron chi connectivity index (χ1n) is 6.68. The van der Waals surface area contributed by atoms with Crippen LogP contribution in [0.1, 0.15) is 44.1 Å². The van der Waals surface area contributed by atoms with Crippen LogP contribution in [0, 0.1) is 25.7 Å². The minimum Gasteiger partial charge on any atom is -0.444 e. The fourth-order valence-corrected chi connectivity index (χ4v) is 1.52. The average molecular weight is 274 g/mol. The van der Waals surface area contributed by atoms with E-state index in [0.717, 1.165) is 17.0 Å². The third kappa shape index (κ3) is 6.24. The van der Waals surface area contributed by atoms with E-state index in [0.29, 0.717) is 13.0 Å². The van der Waals surface area contributed by atoms with Crippen LogP contribution >= 0.6 is 0 Å². The van der Waals surface area contributed by atoms with E-state index in [4.69, 9.17) is 4.74 Å². The van der Waals surface area contributed by atoms with Crippen LogP contribution in [0.4, 0.5) is 4.79 Å². The van der Waals surface area contributed by atoms with Gasteiger partial charge in [-0.25, -0.2) is 4.79 Å². The van der Waals surface area contributed by atoms with Gasteiger partial charge in [-0.3, -0.25) is 4.98 Å². The van der Waals surface area contributed by atoms with Crippen molar-refractivity contribution in [3.8, 4) is 11.8 Å². The Kier molecular flexibility index (Phi) is 5.57. The topological polar surface area (TPSA) is 51.2 Å². The Morgan fingerprint density at radius 3 is 2.65 bits per heavy atom. The Labute approximate surface area is 120 Å². The Morgan fingerprint density at radius 2 is 2.05 bits per heavy atom. The first kappa shape index (κ1) is 16.0. The number of nitrogens with one attached hydrogen (secondary N) is 1. The van der Waals surface area contributed by atoms with Crippen LogP contribution in [-0.4, -0.2) is 23.2 Å². The van der Waals surface area contributed by atoms with Gasteiger partial charge in [0, 0.05) is 24.2 Å². The quantitative estimate of drug-likeness (QED) is 0.666. The van der Waals surface area contributed by atoms with E-state index in [1.165, 1.54) is 0 Å². The minimum atomic E-state index is -0.472. The standard InChI is InChI=1S/C16H22N2O2/c1-12-9-10-14(13(2)18-12)8-6-7-11-17-15(19)20-16(3,4)5/h9-10H,7,11H2,1-5H3,(H,17,19). The summed E-state index contributed by atoms with van der Waals surface area (Å²) in [6.45, 7) is 9.86. The molecule has 0 aromatic carbocycles. The highest BCUT2D eigenvalue weighted by Gasteiger charge is 2.15. The molecule has 0 unspecified atom stereocenters. The summed E-state index contributed by atoms with van der Waals surface area (Å²) < 4.78 is 5.13. The molecule has 1 aromatic rings. The molecule has 4 heteroatoms. The van der Waals surface area contributed by atoms with Gasteiger partial charge < -0.3 is 10.1 Å². The Hall–Kier alpha value is -2.02. The molecule has 0 bridgehead atoms. The van der Waals surface area contributed by atoms with E-state index >= 15 is 0 Å². The van der Waals surface area contributed by atoms with Crippen LogP contribution in [0.3, 0.4) is 0 Å². The number of aromatic nitrogens is 1. The molecule has 1 rings (SSSR count). The zero-order valence-electron chi connectivity index (χ0n) is 12.8. The molecule has 0 saturated carbocycles. The number of hydrogen-bond donors (Lipinski definition) is 1. The van der Waals surface area contributed by atoms with Crippen LogP contribution in [-0.2, 0) is 4.74 Å². The number of pyridine rings is 1. The predicted octanol–water partition coefficient (Wildman–Crippen LogP) is 2.96. The summed E-state index contributed by atoms with van der Waals surface area (Å²) in [5, 5.41) is 2.67. The van der Waals surface area contributed by atoms with Crippen LogP contribution in [0.25, 0.3) is 0 Å². The number of alkyl carbamates (subject to hydrolysis) is 1. The second-order valence-corrected chi connectivity index (χ2v) is 5.57. The monoisotopic (exact) mass is 274 g/mol. The first-order chi connectivity index (χ1) is 9.28. The van der Waals surface area contributed by atoms with Crippen molar-refractivity contribution in [2.24, 2.45) is 0 Å². The molecular formula is C16H22N2O2. The van der Waals surface area contributed by atoms with Crippen molar-refractivity contribution in [3.05, 3.63) is 29.1 Å². The van der Waals surface area contributed by atoms with Gasteiger partial charge >= 0.3 is 6.09 Å². The van der Waals surface area contributed by atoms with E-state index in [1.807, 2.05) is 46.8 Å². The van der Waals surface area contributed by atoms with E-state index in [1.54, 1.807) is 0 Å². The smallest absolute Gasteiger partial charge is 0.407 e. The fraction of sp³-hybridized carbons (Fsp3) is 0.500. The summed E-state index contributed by atoms with van der Waals surface area (Å²) >= 11 is 0. The largest absolute Gasteiger partial charge is 0.444 e. The lowest BCUT2D eigenvalue weighted by atomic mass is 10.2. The highest BCUT2D eigenvalue weighted by atomic mass is 16.6. The SMILES string of the molecule is Cc1ccc(C#CCCNC(=O)OC(C)(C)C)c(C)n1. The molecule has 0 fully saturated rings. The molecule has 0 aliphatic rings. The van der Waals surface area contributed by atoms with Gasteiger partial charge in [0.25, 0.3) is 0 Å². The summed E-state index contributed by atoms with van der Waals surface area (Å²) in [6.07, 6.45) is 0.166. The highest BCUT2D eigenvalue weighted by molar-refractivity contribution is 5.67. The summed E-state index contributed by atoms with van der Waals surface area (Å²) in [6, 6.07) is 3.90. The van der Waals surface area contributed by atoms with Gasteiger partial charge in [-0.2, -0.15) is 0 Å². The number of aryl methyl sites for hydroxylation is 2. The first-order valence-corrected chi connectivity index (χ1v) is 6.68. The third-order valence-corrected chi connectivity index (χ3v) is 2.37. The maximum Gasteiger partial charge on any atom is 0.407 e. The molecule has 1 aromatic heterocycles. The molecule has 1 heterocycles. The van der Waals surface area contributed by atoms with E-state index < -0.39 is 11.7 Å². The van der Waals surface area contributed by atoms with Gasteiger partial charge in [-0.15, -0.1) is 0 Å². The molecule has 0 spiro atoms. The molecule has 108 valence electrons. The van der Waals surface area contributed by atoms with E-state index in [9.17, 15) is 4.79 Å². The molecule has 0 aliphatic heterocycles. The summed E-state index contributed by atoms with van der Waals surface area (Å²) in [4.78, 5) is 15.7. The molecule has 0 saturated heterocycles. The van der Waals surface area contributed by atoms with E-state index in [2.05, 4.69) is 22.1 Å². The number of ether oxygens (including phenoxy) is 1.